The zero-order valence-electron chi connectivity index (χ0n) is 8.66. The molecule has 1 aromatic heterocycles. The molecule has 1 aromatic rings. The van der Waals surface area contributed by atoms with E-state index in [0.717, 1.165) is 25.9 Å². The molecule has 0 radical (unpaired) electrons. The first-order valence-corrected chi connectivity index (χ1v) is 5.58. The molecule has 0 aliphatic carbocycles. The van der Waals surface area contributed by atoms with E-state index in [1.165, 1.54) is 6.33 Å². The van der Waals surface area contributed by atoms with Crippen LogP contribution in [0.3, 0.4) is 0 Å². The van der Waals surface area contributed by atoms with Crippen molar-refractivity contribution in [2.75, 3.05) is 18.0 Å². The molecule has 4 nitrogen and oxygen atoms in total. The molecule has 0 aromatic carbocycles. The molecule has 15 heavy (non-hydrogen) atoms. The Bertz CT molecular complexity index is 404. The second kappa shape index (κ2) is 4.23. The summed E-state index contributed by atoms with van der Waals surface area (Å²) in [5, 5.41) is 0.203. The lowest BCUT2D eigenvalue weighted by atomic mass is 10.1. The maximum absolute atomic E-state index is 11.3. The molecule has 1 fully saturated rings. The minimum atomic E-state index is -0.262. The van der Waals surface area contributed by atoms with E-state index in [9.17, 15) is 4.79 Å². The minimum absolute atomic E-state index is 0.203. The number of H-pyrrole nitrogens is 1. The fourth-order valence-electron chi connectivity index (χ4n) is 1.95. The number of nitrogens with one attached hydrogen (secondary N) is 1. The molecule has 5 heteroatoms. The Labute approximate surface area is 93.3 Å². The van der Waals surface area contributed by atoms with Crippen molar-refractivity contribution in [2.45, 2.75) is 19.8 Å². The lowest BCUT2D eigenvalue weighted by Crippen LogP contribution is -2.24. The predicted molar refractivity (Wildman–Crippen MR) is 60.5 cm³/mol. The summed E-state index contributed by atoms with van der Waals surface area (Å²) in [6, 6.07) is 0. The van der Waals surface area contributed by atoms with Crippen LogP contribution in [0, 0.1) is 5.92 Å². The number of aromatic amines is 1. The first-order valence-electron chi connectivity index (χ1n) is 5.20. The van der Waals surface area contributed by atoms with Gasteiger partial charge in [-0.05, 0) is 12.3 Å². The molecule has 2 heterocycles. The van der Waals surface area contributed by atoms with Gasteiger partial charge in [-0.25, -0.2) is 4.98 Å². The molecule has 1 N–H and O–H groups in total. The van der Waals surface area contributed by atoms with Gasteiger partial charge in [0.25, 0.3) is 5.56 Å². The molecule has 0 amide bonds. The Morgan fingerprint density at radius 2 is 2.53 bits per heavy atom. The summed E-state index contributed by atoms with van der Waals surface area (Å²) in [4.78, 5) is 20.0. The highest BCUT2D eigenvalue weighted by Gasteiger charge is 2.24. The van der Waals surface area contributed by atoms with Gasteiger partial charge < -0.3 is 9.88 Å². The van der Waals surface area contributed by atoms with Crippen molar-refractivity contribution in [2.24, 2.45) is 5.92 Å². The molecule has 1 aliphatic heterocycles. The topological polar surface area (TPSA) is 49.0 Å². The summed E-state index contributed by atoms with van der Waals surface area (Å²) in [7, 11) is 0. The number of rotatable bonds is 2. The van der Waals surface area contributed by atoms with Crippen LogP contribution >= 0.6 is 11.6 Å². The van der Waals surface area contributed by atoms with Gasteiger partial charge >= 0.3 is 0 Å². The number of hydrogen-bond acceptors (Lipinski definition) is 3. The summed E-state index contributed by atoms with van der Waals surface area (Å²) in [6.07, 6.45) is 3.72. The fourth-order valence-corrected chi connectivity index (χ4v) is 2.18. The van der Waals surface area contributed by atoms with Gasteiger partial charge in [-0.3, -0.25) is 4.79 Å². The predicted octanol–water partition coefficient (Wildman–Crippen LogP) is 1.66. The summed E-state index contributed by atoms with van der Waals surface area (Å²) in [5.74, 6) is 1.32. The third-order valence-corrected chi connectivity index (χ3v) is 3.28. The van der Waals surface area contributed by atoms with E-state index in [-0.39, 0.29) is 10.6 Å². The van der Waals surface area contributed by atoms with E-state index in [1.807, 2.05) is 0 Å². The average Bonchev–Trinajstić information content (AvgIpc) is 2.70. The highest BCUT2D eigenvalue weighted by atomic mass is 35.5. The minimum Gasteiger partial charge on any atom is -0.355 e. The summed E-state index contributed by atoms with van der Waals surface area (Å²) >= 11 is 5.92. The number of hydrogen-bond donors (Lipinski definition) is 1. The summed E-state index contributed by atoms with van der Waals surface area (Å²) in [6.45, 7) is 4.07. The van der Waals surface area contributed by atoms with Crippen LogP contribution in [0.25, 0.3) is 0 Å². The lowest BCUT2D eigenvalue weighted by Gasteiger charge is -2.17. The molecule has 2 rings (SSSR count). The normalized spacial score (nSPS) is 20.9. The lowest BCUT2D eigenvalue weighted by molar-refractivity contribution is 0.568. The summed E-state index contributed by atoms with van der Waals surface area (Å²) < 4.78 is 0. The van der Waals surface area contributed by atoms with Crippen LogP contribution in [-0.4, -0.2) is 23.1 Å². The van der Waals surface area contributed by atoms with Gasteiger partial charge in [0.1, 0.15) is 5.02 Å². The van der Waals surface area contributed by atoms with Crippen molar-refractivity contribution in [1.29, 1.82) is 0 Å². The quantitative estimate of drug-likeness (QED) is 0.836. The molecule has 82 valence electrons. The number of aromatic nitrogens is 2. The van der Waals surface area contributed by atoms with Crippen LogP contribution in [0.2, 0.25) is 5.02 Å². The van der Waals surface area contributed by atoms with E-state index < -0.39 is 0 Å². The molecular weight excluding hydrogens is 214 g/mol. The zero-order chi connectivity index (χ0) is 10.8. The average molecular weight is 228 g/mol. The van der Waals surface area contributed by atoms with Gasteiger partial charge in [0.05, 0.1) is 6.33 Å². The standard InChI is InChI=1S/C10H14ClN3O/c1-2-7-3-4-14(5-7)9-8(11)10(15)13-6-12-9/h6-7H,2-5H2,1H3,(H,12,13,15). The van der Waals surface area contributed by atoms with Crippen molar-refractivity contribution in [3.8, 4) is 0 Å². The Morgan fingerprint density at radius 1 is 1.73 bits per heavy atom. The molecule has 1 atom stereocenters. The number of halogens is 1. The van der Waals surface area contributed by atoms with Crippen LogP contribution in [0.4, 0.5) is 5.82 Å². The van der Waals surface area contributed by atoms with E-state index in [1.54, 1.807) is 0 Å². The smallest absolute Gasteiger partial charge is 0.271 e. The Kier molecular flexibility index (Phi) is 2.95. The van der Waals surface area contributed by atoms with Crippen molar-refractivity contribution in [1.82, 2.24) is 9.97 Å². The molecule has 1 aliphatic rings. The fraction of sp³-hybridized carbons (Fsp3) is 0.600. The van der Waals surface area contributed by atoms with Gasteiger partial charge in [-0.1, -0.05) is 24.9 Å². The maximum Gasteiger partial charge on any atom is 0.271 e. The highest BCUT2D eigenvalue weighted by Crippen LogP contribution is 2.26. The zero-order valence-corrected chi connectivity index (χ0v) is 9.42. The Morgan fingerprint density at radius 3 is 3.20 bits per heavy atom. The Hall–Kier alpha value is -1.03. The van der Waals surface area contributed by atoms with E-state index in [2.05, 4.69) is 21.8 Å². The van der Waals surface area contributed by atoms with Crippen LogP contribution in [0.1, 0.15) is 19.8 Å². The highest BCUT2D eigenvalue weighted by molar-refractivity contribution is 6.32. The van der Waals surface area contributed by atoms with Gasteiger partial charge in [0.2, 0.25) is 0 Å². The van der Waals surface area contributed by atoms with Crippen LogP contribution in [0.5, 0.6) is 0 Å². The number of nitrogens with zero attached hydrogens (tertiary/aromatic N) is 2. The molecule has 0 bridgehead atoms. The molecule has 0 saturated carbocycles. The third-order valence-electron chi connectivity index (χ3n) is 2.94. The monoisotopic (exact) mass is 227 g/mol. The van der Waals surface area contributed by atoms with Gasteiger partial charge in [-0.2, -0.15) is 0 Å². The van der Waals surface area contributed by atoms with E-state index in [4.69, 9.17) is 11.6 Å². The SMILES string of the molecule is CCC1CCN(c2nc[nH]c(=O)c2Cl)C1. The van der Waals surface area contributed by atoms with Crippen molar-refractivity contribution in [3.63, 3.8) is 0 Å². The van der Waals surface area contributed by atoms with Crippen molar-refractivity contribution >= 4 is 17.4 Å². The summed E-state index contributed by atoms with van der Waals surface area (Å²) in [5.41, 5.74) is -0.262. The van der Waals surface area contributed by atoms with Gasteiger partial charge in [0.15, 0.2) is 5.82 Å². The first-order chi connectivity index (χ1) is 7.22. The molecule has 1 saturated heterocycles. The van der Waals surface area contributed by atoms with Crippen molar-refractivity contribution < 1.29 is 0 Å². The second-order valence-electron chi connectivity index (χ2n) is 3.88. The molecular formula is C10H14ClN3O. The largest absolute Gasteiger partial charge is 0.355 e. The van der Waals surface area contributed by atoms with Crippen LogP contribution in [-0.2, 0) is 0 Å². The van der Waals surface area contributed by atoms with Gasteiger partial charge in [0, 0.05) is 13.1 Å². The van der Waals surface area contributed by atoms with Crippen molar-refractivity contribution in [3.05, 3.63) is 21.7 Å². The maximum atomic E-state index is 11.3. The Balaban J connectivity index is 2.24. The van der Waals surface area contributed by atoms with E-state index in [0.29, 0.717) is 11.7 Å². The van der Waals surface area contributed by atoms with Gasteiger partial charge in [-0.15, -0.1) is 0 Å². The third kappa shape index (κ3) is 2.00. The first kappa shape index (κ1) is 10.5. The van der Waals surface area contributed by atoms with E-state index >= 15 is 0 Å². The molecule has 1 unspecified atom stereocenters. The molecule has 0 spiro atoms. The van der Waals surface area contributed by atoms with Crippen LogP contribution in [0.15, 0.2) is 11.1 Å². The van der Waals surface area contributed by atoms with Crippen LogP contribution < -0.4 is 10.5 Å². The number of anilines is 1. The second-order valence-corrected chi connectivity index (χ2v) is 4.26.